The number of amides is 1. The Kier molecular flexibility index (Phi) is 5.61. The van der Waals surface area contributed by atoms with Crippen molar-refractivity contribution < 1.29 is 19.1 Å². The number of aromatic nitrogens is 1. The van der Waals surface area contributed by atoms with Gasteiger partial charge in [0.05, 0.1) is 5.56 Å². The SMILES string of the molecule is O=C(O)c1ccc(C(=O)N(CCc2ccc(F)cc2)C2CCCC2)cn1. The number of pyridine rings is 1. The monoisotopic (exact) mass is 356 g/mol. The lowest BCUT2D eigenvalue weighted by molar-refractivity contribution is 0.0671. The maximum Gasteiger partial charge on any atom is 0.354 e. The molecule has 1 aliphatic carbocycles. The minimum Gasteiger partial charge on any atom is -0.477 e. The molecule has 6 heteroatoms. The molecular formula is C20H21FN2O3. The number of carboxylic acid groups (broad SMARTS) is 1. The van der Waals surface area contributed by atoms with Crippen LogP contribution in [-0.4, -0.2) is 39.5 Å². The lowest BCUT2D eigenvalue weighted by Crippen LogP contribution is -2.40. The van der Waals surface area contributed by atoms with E-state index in [1.165, 1.54) is 30.5 Å². The van der Waals surface area contributed by atoms with Crippen molar-refractivity contribution in [1.82, 2.24) is 9.88 Å². The molecular weight excluding hydrogens is 335 g/mol. The summed E-state index contributed by atoms with van der Waals surface area (Å²) in [6.07, 6.45) is 6.10. The Bertz CT molecular complexity index is 769. The number of rotatable bonds is 6. The number of halogens is 1. The van der Waals surface area contributed by atoms with E-state index in [1.807, 2.05) is 4.90 Å². The van der Waals surface area contributed by atoms with Crippen LogP contribution in [0.2, 0.25) is 0 Å². The predicted octanol–water partition coefficient (Wildman–Crippen LogP) is 3.55. The summed E-state index contributed by atoms with van der Waals surface area (Å²) in [6, 6.07) is 9.35. The van der Waals surface area contributed by atoms with Gasteiger partial charge < -0.3 is 10.0 Å². The highest BCUT2D eigenvalue weighted by molar-refractivity contribution is 5.95. The van der Waals surface area contributed by atoms with E-state index in [0.29, 0.717) is 18.5 Å². The zero-order chi connectivity index (χ0) is 18.5. The zero-order valence-corrected chi connectivity index (χ0v) is 14.4. The Hall–Kier alpha value is -2.76. The van der Waals surface area contributed by atoms with E-state index in [9.17, 15) is 14.0 Å². The van der Waals surface area contributed by atoms with Gasteiger partial charge in [-0.25, -0.2) is 14.2 Å². The van der Waals surface area contributed by atoms with Crippen LogP contribution in [0.15, 0.2) is 42.6 Å². The third-order valence-electron chi connectivity index (χ3n) is 4.81. The largest absolute Gasteiger partial charge is 0.477 e. The van der Waals surface area contributed by atoms with E-state index < -0.39 is 5.97 Å². The van der Waals surface area contributed by atoms with E-state index in [2.05, 4.69) is 4.98 Å². The second-order valence-electron chi connectivity index (χ2n) is 6.55. The highest BCUT2D eigenvalue weighted by Crippen LogP contribution is 2.25. The Morgan fingerprint density at radius 2 is 1.81 bits per heavy atom. The lowest BCUT2D eigenvalue weighted by atomic mass is 10.1. The van der Waals surface area contributed by atoms with Crippen LogP contribution in [-0.2, 0) is 6.42 Å². The number of nitrogens with zero attached hydrogens (tertiary/aromatic N) is 2. The second-order valence-corrected chi connectivity index (χ2v) is 6.55. The smallest absolute Gasteiger partial charge is 0.354 e. The average molecular weight is 356 g/mol. The van der Waals surface area contributed by atoms with E-state index in [1.54, 1.807) is 12.1 Å². The van der Waals surface area contributed by atoms with E-state index in [4.69, 9.17) is 5.11 Å². The second kappa shape index (κ2) is 8.08. The van der Waals surface area contributed by atoms with Crippen LogP contribution in [0.1, 0.15) is 52.1 Å². The summed E-state index contributed by atoms with van der Waals surface area (Å²) in [6.45, 7) is 0.538. The van der Waals surface area contributed by atoms with Crippen molar-refractivity contribution in [2.45, 2.75) is 38.1 Å². The minimum absolute atomic E-state index is 0.0831. The van der Waals surface area contributed by atoms with Gasteiger partial charge in [0, 0.05) is 18.8 Å². The van der Waals surface area contributed by atoms with Gasteiger partial charge in [0.2, 0.25) is 0 Å². The summed E-state index contributed by atoms with van der Waals surface area (Å²) < 4.78 is 13.1. The first kappa shape index (κ1) is 18.0. The number of carbonyl (C=O) groups is 2. The molecule has 1 aliphatic rings. The van der Waals surface area contributed by atoms with E-state index in [-0.39, 0.29) is 23.5 Å². The molecule has 0 saturated heterocycles. The van der Waals surface area contributed by atoms with Crippen molar-refractivity contribution >= 4 is 11.9 Å². The van der Waals surface area contributed by atoms with Gasteiger partial charge in [-0.05, 0) is 49.1 Å². The lowest BCUT2D eigenvalue weighted by Gasteiger charge is -2.29. The molecule has 5 nitrogen and oxygen atoms in total. The molecule has 1 aromatic heterocycles. The van der Waals surface area contributed by atoms with Crippen molar-refractivity contribution in [2.75, 3.05) is 6.54 Å². The van der Waals surface area contributed by atoms with Gasteiger partial charge in [0.1, 0.15) is 11.5 Å². The topological polar surface area (TPSA) is 70.5 Å². The molecule has 1 saturated carbocycles. The van der Waals surface area contributed by atoms with Gasteiger partial charge in [-0.15, -0.1) is 0 Å². The molecule has 0 unspecified atom stereocenters. The highest BCUT2D eigenvalue weighted by atomic mass is 19.1. The van der Waals surface area contributed by atoms with E-state index >= 15 is 0 Å². The van der Waals surface area contributed by atoms with Crippen LogP contribution >= 0.6 is 0 Å². The fraction of sp³-hybridized carbons (Fsp3) is 0.350. The van der Waals surface area contributed by atoms with Crippen LogP contribution in [0.4, 0.5) is 4.39 Å². The van der Waals surface area contributed by atoms with Gasteiger partial charge in [-0.3, -0.25) is 4.79 Å². The predicted molar refractivity (Wildman–Crippen MR) is 94.6 cm³/mol. The van der Waals surface area contributed by atoms with Gasteiger partial charge in [0.25, 0.3) is 5.91 Å². The molecule has 1 N–H and O–H groups in total. The van der Waals surface area contributed by atoms with Crippen molar-refractivity contribution in [3.8, 4) is 0 Å². The number of hydrogen-bond acceptors (Lipinski definition) is 3. The first-order chi connectivity index (χ1) is 12.5. The first-order valence-corrected chi connectivity index (χ1v) is 8.79. The van der Waals surface area contributed by atoms with E-state index in [0.717, 1.165) is 31.2 Å². The third-order valence-corrected chi connectivity index (χ3v) is 4.81. The van der Waals surface area contributed by atoms with Crippen LogP contribution in [0.5, 0.6) is 0 Å². The summed E-state index contributed by atoms with van der Waals surface area (Å²) in [7, 11) is 0. The number of benzene rings is 1. The molecule has 0 aliphatic heterocycles. The molecule has 0 radical (unpaired) electrons. The molecule has 0 atom stereocenters. The molecule has 1 aromatic carbocycles. The van der Waals surface area contributed by atoms with Crippen molar-refractivity contribution in [3.05, 3.63) is 65.2 Å². The molecule has 0 spiro atoms. The molecule has 136 valence electrons. The Morgan fingerprint density at radius 3 is 2.38 bits per heavy atom. The van der Waals surface area contributed by atoms with Crippen molar-refractivity contribution in [1.29, 1.82) is 0 Å². The number of aromatic carboxylic acids is 1. The maximum atomic E-state index is 13.1. The first-order valence-electron chi connectivity index (χ1n) is 8.79. The standard InChI is InChI=1S/C20H21FN2O3/c21-16-8-5-14(6-9-16)11-12-23(17-3-1-2-4-17)19(24)15-7-10-18(20(25)26)22-13-15/h5-10,13,17H,1-4,11-12H2,(H,25,26). The van der Waals surface area contributed by atoms with Gasteiger partial charge in [-0.2, -0.15) is 0 Å². The Labute approximate surface area is 151 Å². The quantitative estimate of drug-likeness (QED) is 0.859. The van der Waals surface area contributed by atoms with Crippen LogP contribution < -0.4 is 0 Å². The normalized spacial score (nSPS) is 14.3. The van der Waals surface area contributed by atoms with Crippen molar-refractivity contribution in [2.24, 2.45) is 0 Å². The summed E-state index contributed by atoms with van der Waals surface area (Å²) >= 11 is 0. The summed E-state index contributed by atoms with van der Waals surface area (Å²) in [5.41, 5.74) is 1.28. The zero-order valence-electron chi connectivity index (χ0n) is 14.4. The van der Waals surface area contributed by atoms with Crippen LogP contribution in [0.25, 0.3) is 0 Å². The fourth-order valence-electron chi connectivity index (χ4n) is 3.38. The van der Waals surface area contributed by atoms with Gasteiger partial charge >= 0.3 is 5.97 Å². The number of carboxylic acids is 1. The van der Waals surface area contributed by atoms with Crippen molar-refractivity contribution in [3.63, 3.8) is 0 Å². The van der Waals surface area contributed by atoms with Gasteiger partial charge in [-0.1, -0.05) is 25.0 Å². The Balaban J connectivity index is 1.75. The molecule has 1 fully saturated rings. The third kappa shape index (κ3) is 4.25. The summed E-state index contributed by atoms with van der Waals surface area (Å²) in [4.78, 5) is 29.6. The fourth-order valence-corrected chi connectivity index (χ4v) is 3.38. The molecule has 1 amide bonds. The maximum absolute atomic E-state index is 13.1. The summed E-state index contributed by atoms with van der Waals surface area (Å²) in [5.74, 6) is -1.53. The highest BCUT2D eigenvalue weighted by Gasteiger charge is 2.27. The van der Waals surface area contributed by atoms with Gasteiger partial charge in [0.15, 0.2) is 0 Å². The molecule has 0 bridgehead atoms. The molecule has 26 heavy (non-hydrogen) atoms. The minimum atomic E-state index is -1.12. The molecule has 1 heterocycles. The summed E-state index contributed by atoms with van der Waals surface area (Å²) in [5, 5.41) is 8.94. The number of hydrogen-bond donors (Lipinski definition) is 1. The average Bonchev–Trinajstić information content (AvgIpc) is 3.18. The number of carbonyl (C=O) groups excluding carboxylic acids is 1. The Morgan fingerprint density at radius 1 is 1.12 bits per heavy atom. The molecule has 2 aromatic rings. The van der Waals surface area contributed by atoms with Crippen LogP contribution in [0, 0.1) is 5.82 Å². The van der Waals surface area contributed by atoms with Crippen LogP contribution in [0.3, 0.4) is 0 Å². The molecule has 3 rings (SSSR count).